The van der Waals surface area contributed by atoms with Crippen molar-refractivity contribution in [1.29, 1.82) is 0 Å². The van der Waals surface area contributed by atoms with Gasteiger partial charge in [-0.05, 0) is 36.1 Å². The van der Waals surface area contributed by atoms with E-state index in [9.17, 15) is 13.9 Å². The van der Waals surface area contributed by atoms with Crippen LogP contribution in [-0.2, 0) is 5.41 Å². The molecule has 1 nitrogen and oxygen atoms in total. The van der Waals surface area contributed by atoms with Crippen molar-refractivity contribution < 1.29 is 13.9 Å². The lowest BCUT2D eigenvalue weighted by Crippen LogP contribution is -2.30. The first-order valence-corrected chi connectivity index (χ1v) is 7.31. The molecule has 0 aromatic heterocycles. The van der Waals surface area contributed by atoms with Gasteiger partial charge in [-0.1, -0.05) is 43.2 Å². The lowest BCUT2D eigenvalue weighted by Gasteiger charge is -2.35. The van der Waals surface area contributed by atoms with E-state index in [0.29, 0.717) is 5.56 Å². The molecule has 3 rings (SSSR count). The fraction of sp³-hybridized carbons (Fsp3) is 0.333. The van der Waals surface area contributed by atoms with Gasteiger partial charge >= 0.3 is 0 Å². The average molecular weight is 288 g/mol. The number of rotatable bonds is 3. The van der Waals surface area contributed by atoms with Crippen molar-refractivity contribution in [3.05, 3.63) is 71.3 Å². The lowest BCUT2D eigenvalue weighted by atomic mass is 9.72. The van der Waals surface area contributed by atoms with Crippen LogP contribution in [0.5, 0.6) is 0 Å². The van der Waals surface area contributed by atoms with Crippen LogP contribution in [0.4, 0.5) is 8.78 Å². The molecule has 110 valence electrons. The smallest absolute Gasteiger partial charge is 0.126 e. The van der Waals surface area contributed by atoms with Gasteiger partial charge in [-0.2, -0.15) is 0 Å². The summed E-state index contributed by atoms with van der Waals surface area (Å²) in [5, 5.41) is 10.8. The maximum atomic E-state index is 13.5. The van der Waals surface area contributed by atoms with Crippen LogP contribution in [0.3, 0.4) is 0 Å². The molecular formula is C18H18F2O. The van der Waals surface area contributed by atoms with Crippen molar-refractivity contribution in [3.8, 4) is 0 Å². The molecule has 0 bridgehead atoms. The Morgan fingerprint density at radius 3 is 2.05 bits per heavy atom. The molecule has 1 aliphatic rings. The van der Waals surface area contributed by atoms with E-state index in [1.807, 2.05) is 30.3 Å². The van der Waals surface area contributed by atoms with Crippen molar-refractivity contribution in [2.24, 2.45) is 0 Å². The number of aliphatic hydroxyl groups is 1. The van der Waals surface area contributed by atoms with E-state index < -0.39 is 23.2 Å². The quantitative estimate of drug-likeness (QED) is 0.881. The van der Waals surface area contributed by atoms with Crippen molar-refractivity contribution in [2.75, 3.05) is 0 Å². The van der Waals surface area contributed by atoms with E-state index in [0.717, 1.165) is 37.3 Å². The molecule has 0 aliphatic heterocycles. The molecule has 1 saturated carbocycles. The second kappa shape index (κ2) is 5.57. The molecule has 21 heavy (non-hydrogen) atoms. The molecule has 1 atom stereocenters. The highest BCUT2D eigenvalue weighted by Crippen LogP contribution is 2.49. The lowest BCUT2D eigenvalue weighted by molar-refractivity contribution is 0.0816. The molecule has 1 unspecified atom stereocenters. The number of benzene rings is 2. The van der Waals surface area contributed by atoms with E-state index >= 15 is 0 Å². The summed E-state index contributed by atoms with van der Waals surface area (Å²) < 4.78 is 26.9. The van der Waals surface area contributed by atoms with Gasteiger partial charge in [-0.3, -0.25) is 0 Å². The van der Waals surface area contributed by atoms with Crippen LogP contribution < -0.4 is 0 Å². The van der Waals surface area contributed by atoms with E-state index in [1.54, 1.807) is 0 Å². The molecule has 1 fully saturated rings. The SMILES string of the molecule is OC(c1cc(F)cc(F)c1)C1(c2ccccc2)CCCC1. The number of hydrogen-bond donors (Lipinski definition) is 1. The fourth-order valence-electron chi connectivity index (χ4n) is 3.55. The van der Waals surface area contributed by atoms with Gasteiger partial charge < -0.3 is 5.11 Å². The number of aliphatic hydroxyl groups excluding tert-OH is 1. The van der Waals surface area contributed by atoms with Gasteiger partial charge in [0.25, 0.3) is 0 Å². The van der Waals surface area contributed by atoms with Crippen molar-refractivity contribution >= 4 is 0 Å². The monoisotopic (exact) mass is 288 g/mol. The molecule has 0 spiro atoms. The Morgan fingerprint density at radius 2 is 1.48 bits per heavy atom. The van der Waals surface area contributed by atoms with Gasteiger partial charge in [0.1, 0.15) is 11.6 Å². The van der Waals surface area contributed by atoms with E-state index in [1.165, 1.54) is 12.1 Å². The average Bonchev–Trinajstić information content (AvgIpc) is 2.97. The first kappa shape index (κ1) is 14.2. The third kappa shape index (κ3) is 2.58. The van der Waals surface area contributed by atoms with Gasteiger partial charge in [0.2, 0.25) is 0 Å². The van der Waals surface area contributed by atoms with Crippen molar-refractivity contribution in [3.63, 3.8) is 0 Å². The molecule has 2 aromatic rings. The Kier molecular flexibility index (Phi) is 3.77. The first-order chi connectivity index (χ1) is 10.1. The molecule has 0 amide bonds. The second-order valence-electron chi connectivity index (χ2n) is 5.83. The summed E-state index contributed by atoms with van der Waals surface area (Å²) in [6.45, 7) is 0. The molecule has 1 aliphatic carbocycles. The Balaban J connectivity index is 2.05. The third-order valence-corrected chi connectivity index (χ3v) is 4.57. The van der Waals surface area contributed by atoms with Crippen LogP contribution in [0, 0.1) is 11.6 Å². The van der Waals surface area contributed by atoms with Gasteiger partial charge in [-0.25, -0.2) is 8.78 Å². The molecule has 3 heteroatoms. The van der Waals surface area contributed by atoms with Gasteiger partial charge in [0.05, 0.1) is 6.10 Å². The second-order valence-corrected chi connectivity index (χ2v) is 5.83. The summed E-state index contributed by atoms with van der Waals surface area (Å²) in [4.78, 5) is 0. The van der Waals surface area contributed by atoms with Crippen LogP contribution in [-0.4, -0.2) is 5.11 Å². The molecule has 1 N–H and O–H groups in total. The van der Waals surface area contributed by atoms with Crippen LogP contribution in [0.15, 0.2) is 48.5 Å². The zero-order valence-corrected chi connectivity index (χ0v) is 11.7. The minimum absolute atomic E-state index is 0.318. The largest absolute Gasteiger partial charge is 0.387 e. The Morgan fingerprint density at radius 1 is 0.905 bits per heavy atom. The Labute approximate surface area is 123 Å². The fourth-order valence-corrected chi connectivity index (χ4v) is 3.55. The maximum Gasteiger partial charge on any atom is 0.126 e. The Bertz CT molecular complexity index is 598. The molecular weight excluding hydrogens is 270 g/mol. The minimum Gasteiger partial charge on any atom is -0.387 e. The normalized spacial score (nSPS) is 18.6. The standard InChI is InChI=1S/C18H18F2O/c19-15-10-13(11-16(20)12-15)17(21)18(8-4-5-9-18)14-6-2-1-3-7-14/h1-3,6-7,10-12,17,21H,4-5,8-9H2. The van der Waals surface area contributed by atoms with Crippen LogP contribution >= 0.6 is 0 Å². The van der Waals surface area contributed by atoms with E-state index in [4.69, 9.17) is 0 Å². The highest BCUT2D eigenvalue weighted by molar-refractivity contribution is 5.33. The summed E-state index contributed by atoms with van der Waals surface area (Å²) >= 11 is 0. The summed E-state index contributed by atoms with van der Waals surface area (Å²) in [6, 6.07) is 13.1. The van der Waals surface area contributed by atoms with E-state index in [-0.39, 0.29) is 0 Å². The molecule has 0 radical (unpaired) electrons. The number of hydrogen-bond acceptors (Lipinski definition) is 1. The third-order valence-electron chi connectivity index (χ3n) is 4.57. The summed E-state index contributed by atoms with van der Waals surface area (Å²) in [7, 11) is 0. The van der Waals surface area contributed by atoms with Gasteiger partial charge in [0, 0.05) is 11.5 Å². The number of halogens is 2. The van der Waals surface area contributed by atoms with Crippen LogP contribution in [0.2, 0.25) is 0 Å². The summed E-state index contributed by atoms with van der Waals surface area (Å²) in [5.41, 5.74) is 0.916. The zero-order chi connectivity index (χ0) is 14.9. The first-order valence-electron chi connectivity index (χ1n) is 7.31. The predicted molar refractivity (Wildman–Crippen MR) is 77.9 cm³/mol. The van der Waals surface area contributed by atoms with Gasteiger partial charge in [-0.15, -0.1) is 0 Å². The van der Waals surface area contributed by atoms with E-state index in [2.05, 4.69) is 0 Å². The Hall–Kier alpha value is -1.74. The molecule has 0 saturated heterocycles. The van der Waals surface area contributed by atoms with Gasteiger partial charge in [0.15, 0.2) is 0 Å². The summed E-state index contributed by atoms with van der Waals surface area (Å²) in [5.74, 6) is -1.30. The highest BCUT2D eigenvalue weighted by atomic mass is 19.1. The molecule has 0 heterocycles. The maximum absolute atomic E-state index is 13.5. The predicted octanol–water partition coefficient (Wildman–Crippen LogP) is 4.51. The van der Waals surface area contributed by atoms with Crippen molar-refractivity contribution in [1.82, 2.24) is 0 Å². The highest BCUT2D eigenvalue weighted by Gasteiger charge is 2.42. The van der Waals surface area contributed by atoms with Crippen LogP contribution in [0.25, 0.3) is 0 Å². The van der Waals surface area contributed by atoms with Crippen LogP contribution in [0.1, 0.15) is 42.9 Å². The zero-order valence-electron chi connectivity index (χ0n) is 11.7. The van der Waals surface area contributed by atoms with Crippen molar-refractivity contribution in [2.45, 2.75) is 37.2 Å². The minimum atomic E-state index is -0.896. The topological polar surface area (TPSA) is 20.2 Å². The molecule has 2 aromatic carbocycles. The summed E-state index contributed by atoms with van der Waals surface area (Å²) in [6.07, 6.45) is 2.80.